The molecule has 0 aliphatic carbocycles. The van der Waals surface area contributed by atoms with Crippen LogP contribution in [0.25, 0.3) is 0 Å². The Labute approximate surface area is 129 Å². The normalized spacial score (nSPS) is 13.8. The molecule has 0 unspecified atom stereocenters. The molecule has 0 saturated carbocycles. The highest BCUT2D eigenvalue weighted by atomic mass is 16.2. The van der Waals surface area contributed by atoms with Crippen LogP contribution in [0.2, 0.25) is 0 Å². The maximum atomic E-state index is 12.2. The smallest absolute Gasteiger partial charge is 0.252 e. The van der Waals surface area contributed by atoms with Gasteiger partial charge in [-0.2, -0.15) is 0 Å². The average molecular weight is 303 g/mol. The second kappa shape index (κ2) is 7.06. The van der Waals surface area contributed by atoms with E-state index in [-0.39, 0.29) is 24.3 Å². The van der Waals surface area contributed by atoms with Gasteiger partial charge in [-0.25, -0.2) is 0 Å². The summed E-state index contributed by atoms with van der Waals surface area (Å²) >= 11 is 0. The summed E-state index contributed by atoms with van der Waals surface area (Å²) in [6, 6.07) is 5.12. The van der Waals surface area contributed by atoms with E-state index in [2.05, 4.69) is 10.6 Å². The number of nitrogens with zero attached hydrogens (tertiary/aromatic N) is 1. The van der Waals surface area contributed by atoms with Gasteiger partial charge in [0.25, 0.3) is 5.91 Å². The van der Waals surface area contributed by atoms with Crippen LogP contribution in [0.5, 0.6) is 0 Å². The summed E-state index contributed by atoms with van der Waals surface area (Å²) in [6.45, 7) is 4.73. The summed E-state index contributed by atoms with van der Waals surface area (Å²) in [5, 5.41) is 5.34. The Morgan fingerprint density at radius 1 is 1.18 bits per heavy atom. The van der Waals surface area contributed by atoms with Crippen LogP contribution < -0.4 is 10.6 Å². The van der Waals surface area contributed by atoms with Gasteiger partial charge in [0.15, 0.2) is 0 Å². The summed E-state index contributed by atoms with van der Waals surface area (Å²) in [7, 11) is 0. The fraction of sp³-hybridized carbons (Fsp3) is 0.438. The highest BCUT2D eigenvalue weighted by Gasteiger charge is 2.19. The summed E-state index contributed by atoms with van der Waals surface area (Å²) < 4.78 is 0. The standard InChI is InChI=1S/C16H21N3O3/c1-11-13(6-5-7-14(11)18-12(2)20)16(22)17-10-15(21)19-8-3-4-9-19/h5-7H,3-4,8-10H2,1-2H3,(H,17,22)(H,18,20). The van der Waals surface area contributed by atoms with E-state index < -0.39 is 0 Å². The predicted molar refractivity (Wildman–Crippen MR) is 83.6 cm³/mol. The molecule has 2 rings (SSSR count). The second-order valence-electron chi connectivity index (χ2n) is 5.43. The Balaban J connectivity index is 2.00. The van der Waals surface area contributed by atoms with Crippen molar-refractivity contribution < 1.29 is 14.4 Å². The Hall–Kier alpha value is -2.37. The van der Waals surface area contributed by atoms with E-state index in [0.29, 0.717) is 16.8 Å². The molecule has 2 N–H and O–H groups in total. The van der Waals surface area contributed by atoms with E-state index >= 15 is 0 Å². The zero-order valence-corrected chi connectivity index (χ0v) is 12.9. The van der Waals surface area contributed by atoms with Gasteiger partial charge in [-0.3, -0.25) is 14.4 Å². The maximum absolute atomic E-state index is 12.2. The van der Waals surface area contributed by atoms with Gasteiger partial charge < -0.3 is 15.5 Å². The molecule has 1 aromatic carbocycles. The first kappa shape index (κ1) is 16.0. The molecular formula is C16H21N3O3. The number of nitrogens with one attached hydrogen (secondary N) is 2. The fourth-order valence-corrected chi connectivity index (χ4v) is 2.54. The van der Waals surface area contributed by atoms with E-state index in [1.54, 1.807) is 30.0 Å². The van der Waals surface area contributed by atoms with Crippen molar-refractivity contribution in [1.82, 2.24) is 10.2 Å². The van der Waals surface area contributed by atoms with Crippen LogP contribution in [-0.4, -0.2) is 42.3 Å². The van der Waals surface area contributed by atoms with Crippen LogP contribution in [0.1, 0.15) is 35.7 Å². The van der Waals surface area contributed by atoms with E-state index in [0.717, 1.165) is 25.9 Å². The van der Waals surface area contributed by atoms with E-state index in [1.165, 1.54) is 6.92 Å². The van der Waals surface area contributed by atoms with Crippen molar-refractivity contribution in [2.45, 2.75) is 26.7 Å². The minimum Gasteiger partial charge on any atom is -0.343 e. The Bertz CT molecular complexity index is 592. The van der Waals surface area contributed by atoms with Crippen LogP contribution >= 0.6 is 0 Å². The molecule has 6 nitrogen and oxygen atoms in total. The largest absolute Gasteiger partial charge is 0.343 e. The molecular weight excluding hydrogens is 282 g/mol. The number of carbonyl (C=O) groups is 3. The molecule has 1 heterocycles. The molecule has 1 saturated heterocycles. The lowest BCUT2D eigenvalue weighted by Crippen LogP contribution is -2.38. The van der Waals surface area contributed by atoms with Crippen molar-refractivity contribution in [3.63, 3.8) is 0 Å². The molecule has 0 atom stereocenters. The molecule has 3 amide bonds. The Kier molecular flexibility index (Phi) is 5.14. The third-order valence-corrected chi connectivity index (χ3v) is 3.75. The third kappa shape index (κ3) is 3.84. The van der Waals surface area contributed by atoms with Crippen LogP contribution in [0.3, 0.4) is 0 Å². The summed E-state index contributed by atoms with van der Waals surface area (Å²) in [6.07, 6.45) is 2.05. The molecule has 1 aliphatic rings. The van der Waals surface area contributed by atoms with Gasteiger partial charge in [0.05, 0.1) is 6.54 Å². The monoisotopic (exact) mass is 303 g/mol. The molecule has 6 heteroatoms. The first-order chi connectivity index (χ1) is 10.5. The minimum atomic E-state index is -0.308. The van der Waals surface area contributed by atoms with Crippen molar-refractivity contribution >= 4 is 23.4 Å². The van der Waals surface area contributed by atoms with Gasteiger partial charge in [-0.05, 0) is 37.5 Å². The van der Waals surface area contributed by atoms with Crippen molar-refractivity contribution in [1.29, 1.82) is 0 Å². The number of rotatable bonds is 4. The van der Waals surface area contributed by atoms with Crippen LogP contribution in [0.15, 0.2) is 18.2 Å². The molecule has 1 fully saturated rings. The van der Waals surface area contributed by atoms with Crippen LogP contribution in [0.4, 0.5) is 5.69 Å². The fourth-order valence-electron chi connectivity index (χ4n) is 2.54. The van der Waals surface area contributed by atoms with Crippen molar-refractivity contribution in [3.05, 3.63) is 29.3 Å². The minimum absolute atomic E-state index is 0.00262. The van der Waals surface area contributed by atoms with Crippen LogP contribution in [0, 0.1) is 6.92 Å². The molecule has 1 aliphatic heterocycles. The van der Waals surface area contributed by atoms with Gasteiger partial charge in [-0.1, -0.05) is 6.07 Å². The lowest BCUT2D eigenvalue weighted by molar-refractivity contribution is -0.129. The Morgan fingerprint density at radius 2 is 1.86 bits per heavy atom. The lowest BCUT2D eigenvalue weighted by atomic mass is 10.1. The number of amides is 3. The second-order valence-corrected chi connectivity index (χ2v) is 5.43. The van der Waals surface area contributed by atoms with E-state index in [9.17, 15) is 14.4 Å². The number of likely N-dealkylation sites (tertiary alicyclic amines) is 1. The average Bonchev–Trinajstić information content (AvgIpc) is 3.00. The maximum Gasteiger partial charge on any atom is 0.252 e. The van der Waals surface area contributed by atoms with Crippen molar-refractivity contribution in [2.24, 2.45) is 0 Å². The van der Waals surface area contributed by atoms with E-state index in [1.807, 2.05) is 0 Å². The van der Waals surface area contributed by atoms with Gasteiger partial charge in [-0.15, -0.1) is 0 Å². The predicted octanol–water partition coefficient (Wildman–Crippen LogP) is 1.31. The molecule has 0 radical (unpaired) electrons. The Morgan fingerprint density at radius 3 is 2.50 bits per heavy atom. The first-order valence-electron chi connectivity index (χ1n) is 7.42. The summed E-state index contributed by atoms with van der Waals surface area (Å²) in [4.78, 5) is 37.1. The highest BCUT2D eigenvalue weighted by Crippen LogP contribution is 2.18. The number of carbonyl (C=O) groups excluding carboxylic acids is 3. The number of hydrogen-bond acceptors (Lipinski definition) is 3. The number of anilines is 1. The quantitative estimate of drug-likeness (QED) is 0.880. The number of hydrogen-bond donors (Lipinski definition) is 2. The first-order valence-corrected chi connectivity index (χ1v) is 7.42. The summed E-state index contributed by atoms with van der Waals surface area (Å²) in [5.41, 5.74) is 1.75. The zero-order chi connectivity index (χ0) is 16.1. The van der Waals surface area contributed by atoms with Gasteiger partial charge >= 0.3 is 0 Å². The van der Waals surface area contributed by atoms with Gasteiger partial charge in [0, 0.05) is 31.3 Å². The van der Waals surface area contributed by atoms with Gasteiger partial charge in [0.2, 0.25) is 11.8 Å². The molecule has 118 valence electrons. The topological polar surface area (TPSA) is 78.5 Å². The van der Waals surface area contributed by atoms with Gasteiger partial charge in [0.1, 0.15) is 0 Å². The summed E-state index contributed by atoms with van der Waals surface area (Å²) in [5.74, 6) is -0.552. The molecule has 22 heavy (non-hydrogen) atoms. The lowest BCUT2D eigenvalue weighted by Gasteiger charge is -2.16. The molecule has 0 spiro atoms. The molecule has 0 bridgehead atoms. The number of benzene rings is 1. The highest BCUT2D eigenvalue weighted by molar-refractivity contribution is 6.00. The van der Waals surface area contributed by atoms with Crippen molar-refractivity contribution in [3.8, 4) is 0 Å². The zero-order valence-electron chi connectivity index (χ0n) is 12.9. The molecule has 0 aromatic heterocycles. The molecule has 1 aromatic rings. The third-order valence-electron chi connectivity index (χ3n) is 3.75. The van der Waals surface area contributed by atoms with E-state index in [4.69, 9.17) is 0 Å². The SMILES string of the molecule is CC(=O)Nc1cccc(C(=O)NCC(=O)N2CCCC2)c1C. The van der Waals surface area contributed by atoms with Crippen molar-refractivity contribution in [2.75, 3.05) is 25.0 Å². The van der Waals surface area contributed by atoms with Crippen LogP contribution in [-0.2, 0) is 9.59 Å².